The van der Waals surface area contributed by atoms with E-state index in [-0.39, 0.29) is 6.04 Å². The second-order valence-corrected chi connectivity index (χ2v) is 5.44. The second-order valence-electron chi connectivity index (χ2n) is 5.44. The molecule has 0 radical (unpaired) electrons. The maximum absolute atomic E-state index is 11.2. The van der Waals surface area contributed by atoms with Crippen LogP contribution < -0.4 is 5.32 Å². The number of aliphatic carboxylic acids is 1. The van der Waals surface area contributed by atoms with Crippen molar-refractivity contribution in [3.05, 3.63) is 0 Å². The molecule has 4 nitrogen and oxygen atoms in total. The molecule has 0 aromatic rings. The fourth-order valence-electron chi connectivity index (χ4n) is 2.56. The van der Waals surface area contributed by atoms with E-state index < -0.39 is 12.0 Å². The smallest absolute Gasteiger partial charge is 0.322 e. The third-order valence-electron chi connectivity index (χ3n) is 3.50. The Bertz CT molecular complexity index is 238. The van der Waals surface area contributed by atoms with E-state index in [1.54, 1.807) is 0 Å². The molecule has 4 heteroatoms. The van der Waals surface area contributed by atoms with Crippen LogP contribution >= 0.6 is 0 Å². The van der Waals surface area contributed by atoms with Crippen molar-refractivity contribution < 1.29 is 9.90 Å². The van der Waals surface area contributed by atoms with Gasteiger partial charge in [0.25, 0.3) is 0 Å². The Morgan fingerprint density at radius 1 is 1.35 bits per heavy atom. The van der Waals surface area contributed by atoms with Crippen molar-refractivity contribution in [3.63, 3.8) is 0 Å². The van der Waals surface area contributed by atoms with Crippen LogP contribution in [0.15, 0.2) is 0 Å². The molecule has 0 amide bonds. The molecule has 2 N–H and O–H groups in total. The van der Waals surface area contributed by atoms with Crippen molar-refractivity contribution in [2.24, 2.45) is 0 Å². The number of carboxylic acid groups (broad SMARTS) is 1. The summed E-state index contributed by atoms with van der Waals surface area (Å²) in [6, 6.07) is 0.317. The van der Waals surface area contributed by atoms with Gasteiger partial charge in [-0.15, -0.1) is 0 Å². The van der Waals surface area contributed by atoms with Crippen molar-refractivity contribution >= 4 is 5.97 Å². The molecule has 1 fully saturated rings. The van der Waals surface area contributed by atoms with Gasteiger partial charge in [0, 0.05) is 18.6 Å². The first-order chi connectivity index (χ1) is 8.00. The van der Waals surface area contributed by atoms with Gasteiger partial charge >= 0.3 is 5.97 Å². The highest BCUT2D eigenvalue weighted by Crippen LogP contribution is 2.21. The van der Waals surface area contributed by atoms with E-state index in [0.29, 0.717) is 12.6 Å². The molecule has 1 saturated carbocycles. The number of rotatable bonds is 6. The lowest BCUT2D eigenvalue weighted by atomic mass is 9.94. The minimum Gasteiger partial charge on any atom is -0.480 e. The number of carboxylic acids is 1. The lowest BCUT2D eigenvalue weighted by Gasteiger charge is -2.33. The Balaban J connectivity index is 2.44. The maximum Gasteiger partial charge on any atom is 0.322 e. The molecular formula is C13H26N2O2. The Morgan fingerprint density at radius 3 is 2.41 bits per heavy atom. The summed E-state index contributed by atoms with van der Waals surface area (Å²) in [5, 5.41) is 12.3. The minimum atomic E-state index is -0.749. The third-order valence-corrected chi connectivity index (χ3v) is 3.50. The summed E-state index contributed by atoms with van der Waals surface area (Å²) >= 11 is 0. The molecule has 0 aromatic carbocycles. The van der Waals surface area contributed by atoms with Gasteiger partial charge in [-0.3, -0.25) is 4.79 Å². The van der Waals surface area contributed by atoms with Crippen LogP contribution in [-0.2, 0) is 4.79 Å². The van der Waals surface area contributed by atoms with E-state index in [1.807, 2.05) is 20.9 Å². The molecule has 100 valence electrons. The van der Waals surface area contributed by atoms with Crippen LogP contribution in [0.3, 0.4) is 0 Å². The summed E-state index contributed by atoms with van der Waals surface area (Å²) in [5.41, 5.74) is 0. The molecule has 0 saturated heterocycles. The topological polar surface area (TPSA) is 52.6 Å². The summed E-state index contributed by atoms with van der Waals surface area (Å²) in [6.07, 6.45) is 6.32. The molecular weight excluding hydrogens is 216 g/mol. The summed E-state index contributed by atoms with van der Waals surface area (Å²) in [6.45, 7) is 4.56. The number of carbonyl (C=O) groups is 1. The molecule has 1 unspecified atom stereocenters. The average molecular weight is 242 g/mol. The van der Waals surface area contributed by atoms with Gasteiger partial charge in [-0.2, -0.15) is 0 Å². The lowest BCUT2D eigenvalue weighted by Crippen LogP contribution is -2.50. The van der Waals surface area contributed by atoms with E-state index in [2.05, 4.69) is 10.2 Å². The zero-order valence-electron chi connectivity index (χ0n) is 11.3. The molecule has 17 heavy (non-hydrogen) atoms. The standard InChI is InChI=1S/C13H26N2O2/c1-10(2)14-12(13(16)17)9-15(3)11-7-5-4-6-8-11/h10-12,14H,4-9H2,1-3H3,(H,16,17). The SMILES string of the molecule is CC(C)NC(CN(C)C1CCCCC1)C(=O)O. The first kappa shape index (κ1) is 14.5. The summed E-state index contributed by atoms with van der Waals surface area (Å²) in [5.74, 6) is -0.749. The predicted octanol–water partition coefficient (Wildman–Crippen LogP) is 1.70. The zero-order valence-corrected chi connectivity index (χ0v) is 11.3. The highest BCUT2D eigenvalue weighted by Gasteiger charge is 2.24. The van der Waals surface area contributed by atoms with Crippen molar-refractivity contribution in [1.82, 2.24) is 10.2 Å². The normalized spacial score (nSPS) is 19.8. The zero-order chi connectivity index (χ0) is 12.8. The first-order valence-corrected chi connectivity index (χ1v) is 6.69. The average Bonchev–Trinajstić information content (AvgIpc) is 2.28. The summed E-state index contributed by atoms with van der Waals surface area (Å²) in [4.78, 5) is 13.4. The van der Waals surface area contributed by atoms with E-state index in [4.69, 9.17) is 0 Å². The van der Waals surface area contributed by atoms with Crippen molar-refractivity contribution in [3.8, 4) is 0 Å². The van der Waals surface area contributed by atoms with Gasteiger partial charge in [0.15, 0.2) is 0 Å². The molecule has 0 bridgehead atoms. The quantitative estimate of drug-likeness (QED) is 0.744. The van der Waals surface area contributed by atoms with Crippen LogP contribution in [-0.4, -0.2) is 47.7 Å². The predicted molar refractivity (Wildman–Crippen MR) is 69.2 cm³/mol. The van der Waals surface area contributed by atoms with Gasteiger partial charge in [0.2, 0.25) is 0 Å². The molecule has 1 rings (SSSR count). The monoisotopic (exact) mass is 242 g/mol. The molecule has 0 aromatic heterocycles. The Labute approximate surface area is 104 Å². The van der Waals surface area contributed by atoms with E-state index in [1.165, 1.54) is 32.1 Å². The molecule has 0 aliphatic heterocycles. The van der Waals surface area contributed by atoms with E-state index >= 15 is 0 Å². The molecule has 1 aliphatic rings. The van der Waals surface area contributed by atoms with Crippen molar-refractivity contribution in [2.45, 2.75) is 64.1 Å². The van der Waals surface area contributed by atoms with E-state index in [0.717, 1.165) is 0 Å². The fraction of sp³-hybridized carbons (Fsp3) is 0.923. The fourth-order valence-corrected chi connectivity index (χ4v) is 2.56. The van der Waals surface area contributed by atoms with Gasteiger partial charge in [-0.1, -0.05) is 33.1 Å². The van der Waals surface area contributed by atoms with Gasteiger partial charge in [0.1, 0.15) is 6.04 Å². The number of likely N-dealkylation sites (N-methyl/N-ethyl adjacent to an activating group) is 1. The van der Waals surface area contributed by atoms with Crippen LogP contribution in [0.5, 0.6) is 0 Å². The summed E-state index contributed by atoms with van der Waals surface area (Å²) in [7, 11) is 2.05. The van der Waals surface area contributed by atoms with Crippen LogP contribution in [0.2, 0.25) is 0 Å². The van der Waals surface area contributed by atoms with Crippen LogP contribution in [0.1, 0.15) is 46.0 Å². The van der Waals surface area contributed by atoms with Crippen LogP contribution in [0.4, 0.5) is 0 Å². The Kier molecular flexibility index (Phi) is 5.92. The molecule has 1 atom stereocenters. The van der Waals surface area contributed by atoms with Gasteiger partial charge in [0.05, 0.1) is 0 Å². The molecule has 0 spiro atoms. The second kappa shape index (κ2) is 6.97. The number of hydrogen-bond acceptors (Lipinski definition) is 3. The third kappa shape index (κ3) is 5.04. The molecule has 1 aliphatic carbocycles. The number of nitrogens with zero attached hydrogens (tertiary/aromatic N) is 1. The minimum absolute atomic E-state index is 0.204. The summed E-state index contributed by atoms with van der Waals surface area (Å²) < 4.78 is 0. The highest BCUT2D eigenvalue weighted by molar-refractivity contribution is 5.73. The van der Waals surface area contributed by atoms with Crippen LogP contribution in [0, 0.1) is 0 Å². The van der Waals surface area contributed by atoms with E-state index in [9.17, 15) is 9.90 Å². The van der Waals surface area contributed by atoms with Gasteiger partial charge in [-0.25, -0.2) is 0 Å². The number of nitrogens with one attached hydrogen (secondary N) is 1. The number of hydrogen-bond donors (Lipinski definition) is 2. The Hall–Kier alpha value is -0.610. The van der Waals surface area contributed by atoms with Crippen LogP contribution in [0.25, 0.3) is 0 Å². The van der Waals surface area contributed by atoms with Gasteiger partial charge in [-0.05, 0) is 19.9 Å². The van der Waals surface area contributed by atoms with Crippen molar-refractivity contribution in [2.75, 3.05) is 13.6 Å². The maximum atomic E-state index is 11.2. The lowest BCUT2D eigenvalue weighted by molar-refractivity contribution is -0.140. The Morgan fingerprint density at radius 2 is 1.94 bits per heavy atom. The molecule has 0 heterocycles. The first-order valence-electron chi connectivity index (χ1n) is 6.69. The van der Waals surface area contributed by atoms with Crippen molar-refractivity contribution in [1.29, 1.82) is 0 Å². The highest BCUT2D eigenvalue weighted by atomic mass is 16.4. The van der Waals surface area contributed by atoms with Gasteiger partial charge < -0.3 is 15.3 Å². The largest absolute Gasteiger partial charge is 0.480 e.